The molecular formula is C19H37N3O3. The first-order valence-electron chi connectivity index (χ1n) is 9.28. The minimum Gasteiger partial charge on any atom is -0.222 e. The zero-order valence-electron chi connectivity index (χ0n) is 16.1. The molecule has 0 aromatic heterocycles. The average Bonchev–Trinajstić information content (AvgIpc) is 2.58. The van der Waals surface area contributed by atoms with Gasteiger partial charge in [-0.2, -0.15) is 0 Å². The molecule has 146 valence electrons. The molecule has 0 bridgehead atoms. The van der Waals surface area contributed by atoms with E-state index in [9.17, 15) is 0 Å². The Morgan fingerprint density at radius 1 is 0.440 bits per heavy atom. The molecule has 0 aromatic carbocycles. The normalized spacial score (nSPS) is 7.92. The molecule has 0 atom stereocenters. The molecule has 0 aliphatic rings. The smallest absolute Gasteiger partial charge is 0.222 e. The maximum Gasteiger partial charge on any atom is 0.231 e. The second-order valence-electron chi connectivity index (χ2n) is 5.55. The van der Waals surface area contributed by atoms with Crippen LogP contribution in [-0.4, -0.2) is 18.2 Å². The summed E-state index contributed by atoms with van der Waals surface area (Å²) in [5.41, 5.74) is 0. The molecule has 0 fully saturated rings. The van der Waals surface area contributed by atoms with E-state index >= 15 is 0 Å². The van der Waals surface area contributed by atoms with Crippen LogP contribution in [0.5, 0.6) is 0 Å². The first kappa shape index (κ1) is 31.0. The monoisotopic (exact) mass is 355 g/mol. The second-order valence-corrected chi connectivity index (χ2v) is 5.55. The van der Waals surface area contributed by atoms with Crippen LogP contribution >= 0.6 is 0 Å². The molecule has 0 spiro atoms. The molecule has 0 unspecified atom stereocenters. The van der Waals surface area contributed by atoms with E-state index in [1.54, 1.807) is 0 Å². The topological polar surface area (TPSA) is 123 Å². The molecule has 0 saturated carbocycles. The fourth-order valence-electron chi connectivity index (χ4n) is 2.27. The molecule has 6 nitrogen and oxygen atoms in total. The first-order valence-corrected chi connectivity index (χ1v) is 9.28. The molecule has 3 N–H and O–H groups in total. The van der Waals surface area contributed by atoms with Gasteiger partial charge in [-0.15, -0.1) is 0 Å². The predicted octanol–water partition coefficient (Wildman–Crippen LogP) is 6.19. The van der Waals surface area contributed by atoms with Crippen molar-refractivity contribution in [3.05, 3.63) is 0 Å². The number of unbranched alkanes of at least 4 members (excludes halogenated alkanes) is 13. The van der Waals surface area contributed by atoms with Gasteiger partial charge in [0.1, 0.15) is 0 Å². The zero-order chi connectivity index (χ0) is 20.0. The Kier molecular flexibility index (Phi) is 53.5. The summed E-state index contributed by atoms with van der Waals surface area (Å²) in [6.07, 6.45) is 22.7. The standard InChI is InChI=1S/C16H34.3CHNO/c1-3-5-7-9-11-13-15-16-14-12-10-8-6-4-2;3*2-1-3/h3-16H2,1-2H3;3*2H. The van der Waals surface area contributed by atoms with Gasteiger partial charge in [0, 0.05) is 0 Å². The van der Waals surface area contributed by atoms with E-state index in [2.05, 4.69) is 13.8 Å². The summed E-state index contributed by atoms with van der Waals surface area (Å²) in [5, 5.41) is 16.2. The van der Waals surface area contributed by atoms with Gasteiger partial charge in [-0.05, 0) is 0 Å². The van der Waals surface area contributed by atoms with Gasteiger partial charge < -0.3 is 0 Å². The van der Waals surface area contributed by atoms with Gasteiger partial charge in [0.25, 0.3) is 0 Å². The molecule has 0 aliphatic heterocycles. The van der Waals surface area contributed by atoms with Crippen molar-refractivity contribution in [3.63, 3.8) is 0 Å². The lowest BCUT2D eigenvalue weighted by molar-refractivity contribution is 0.538. The van der Waals surface area contributed by atoms with Gasteiger partial charge in [0.05, 0.1) is 0 Å². The molecule has 0 heterocycles. The maximum atomic E-state index is 8.35. The van der Waals surface area contributed by atoms with Crippen molar-refractivity contribution in [2.75, 3.05) is 0 Å². The van der Waals surface area contributed by atoms with Crippen molar-refractivity contribution >= 4 is 18.2 Å². The molecule has 6 heteroatoms. The largest absolute Gasteiger partial charge is 0.231 e. The molecule has 0 aromatic rings. The Bertz CT molecular complexity index is 273. The Morgan fingerprint density at radius 3 is 0.680 bits per heavy atom. The number of hydrogen-bond donors (Lipinski definition) is 3. The highest BCUT2D eigenvalue weighted by atomic mass is 16.1. The van der Waals surface area contributed by atoms with Gasteiger partial charge in [-0.25, -0.2) is 30.6 Å². The SMILES string of the molecule is CCCCCCCCCCCCCCCC.N=C=O.N=C=O.N=C=O. The van der Waals surface area contributed by atoms with Crippen LogP contribution in [0, 0.1) is 16.2 Å². The Balaban J connectivity index is -0.000000204. The van der Waals surface area contributed by atoms with Crippen molar-refractivity contribution < 1.29 is 14.4 Å². The minimum atomic E-state index is 0.750. The number of carbonyl (C=O) groups excluding carboxylic acids is 3. The molecule has 0 rings (SSSR count). The quantitative estimate of drug-likeness (QED) is 0.207. The lowest BCUT2D eigenvalue weighted by Gasteiger charge is -2.02. The molecule has 0 amide bonds. The average molecular weight is 356 g/mol. The van der Waals surface area contributed by atoms with Crippen LogP contribution in [0.1, 0.15) is 104 Å². The van der Waals surface area contributed by atoms with Crippen molar-refractivity contribution in [1.29, 1.82) is 16.2 Å². The summed E-state index contributed by atoms with van der Waals surface area (Å²) in [6.45, 7) is 4.58. The number of hydrogen-bond acceptors (Lipinski definition) is 6. The fourth-order valence-corrected chi connectivity index (χ4v) is 2.27. The summed E-state index contributed by atoms with van der Waals surface area (Å²) >= 11 is 0. The van der Waals surface area contributed by atoms with E-state index in [0.29, 0.717) is 0 Å². The minimum absolute atomic E-state index is 0.750. The number of isocyanates is 3. The second kappa shape index (κ2) is 43.2. The molecule has 0 saturated heterocycles. The summed E-state index contributed by atoms with van der Waals surface area (Å²) < 4.78 is 0. The third-order valence-electron chi connectivity index (χ3n) is 3.46. The van der Waals surface area contributed by atoms with Gasteiger partial charge in [-0.1, -0.05) is 104 Å². The highest BCUT2D eigenvalue weighted by Gasteiger charge is 1.92. The van der Waals surface area contributed by atoms with Crippen LogP contribution in [0.3, 0.4) is 0 Å². The maximum absolute atomic E-state index is 8.35. The number of rotatable bonds is 13. The van der Waals surface area contributed by atoms with E-state index in [4.69, 9.17) is 30.6 Å². The van der Waals surface area contributed by atoms with Crippen LogP contribution < -0.4 is 0 Å². The third kappa shape index (κ3) is 72.4. The van der Waals surface area contributed by atoms with E-state index in [1.165, 1.54) is 89.9 Å². The lowest BCUT2D eigenvalue weighted by Crippen LogP contribution is -1.82. The van der Waals surface area contributed by atoms with E-state index in [0.717, 1.165) is 18.2 Å². The van der Waals surface area contributed by atoms with Crippen molar-refractivity contribution in [3.8, 4) is 0 Å². The summed E-state index contributed by atoms with van der Waals surface area (Å²) in [7, 11) is 0. The van der Waals surface area contributed by atoms with Crippen LogP contribution in [0.4, 0.5) is 0 Å². The highest BCUT2D eigenvalue weighted by Crippen LogP contribution is 2.12. The predicted molar refractivity (Wildman–Crippen MR) is 101 cm³/mol. The molecule has 25 heavy (non-hydrogen) atoms. The fraction of sp³-hybridized carbons (Fsp3) is 0.842. The summed E-state index contributed by atoms with van der Waals surface area (Å²) in [4.78, 5) is 25.0. The molecule has 0 aliphatic carbocycles. The van der Waals surface area contributed by atoms with Crippen molar-refractivity contribution in [1.82, 2.24) is 0 Å². The summed E-state index contributed by atoms with van der Waals surface area (Å²) in [5.74, 6) is 0. The first-order chi connectivity index (χ1) is 12.2. The van der Waals surface area contributed by atoms with Gasteiger partial charge >= 0.3 is 0 Å². The van der Waals surface area contributed by atoms with E-state index in [-0.39, 0.29) is 0 Å². The van der Waals surface area contributed by atoms with E-state index in [1.807, 2.05) is 0 Å². The third-order valence-corrected chi connectivity index (χ3v) is 3.46. The lowest BCUT2D eigenvalue weighted by atomic mass is 10.0. The van der Waals surface area contributed by atoms with E-state index < -0.39 is 0 Å². The Labute approximate surface area is 153 Å². The number of nitrogens with one attached hydrogen (secondary N) is 3. The van der Waals surface area contributed by atoms with Gasteiger partial charge in [0.2, 0.25) is 18.2 Å². The zero-order valence-corrected chi connectivity index (χ0v) is 16.1. The van der Waals surface area contributed by atoms with Crippen molar-refractivity contribution in [2.24, 2.45) is 0 Å². The van der Waals surface area contributed by atoms with Gasteiger partial charge in [0.15, 0.2) is 0 Å². The van der Waals surface area contributed by atoms with Crippen LogP contribution in [0.2, 0.25) is 0 Å². The Hall–Kier alpha value is -1.86. The molecular weight excluding hydrogens is 318 g/mol. The summed E-state index contributed by atoms with van der Waals surface area (Å²) in [6, 6.07) is 0. The van der Waals surface area contributed by atoms with Gasteiger partial charge in [-0.3, -0.25) is 0 Å². The van der Waals surface area contributed by atoms with Crippen LogP contribution in [0.25, 0.3) is 0 Å². The highest BCUT2D eigenvalue weighted by molar-refractivity contribution is 5.26. The Morgan fingerprint density at radius 2 is 0.560 bits per heavy atom. The molecule has 0 radical (unpaired) electrons. The van der Waals surface area contributed by atoms with Crippen molar-refractivity contribution in [2.45, 2.75) is 104 Å². The van der Waals surface area contributed by atoms with Crippen LogP contribution in [-0.2, 0) is 14.4 Å². The van der Waals surface area contributed by atoms with Crippen LogP contribution in [0.15, 0.2) is 0 Å².